The fraction of sp³-hybridized carbons (Fsp3) is 0.385. The monoisotopic (exact) mass is 359 g/mol. The van der Waals surface area contributed by atoms with Gasteiger partial charge in [0.05, 0.1) is 4.90 Å². The molecule has 1 aromatic rings. The molecule has 7 nitrogen and oxygen atoms in total. The number of aliphatic carboxylic acids is 2. The van der Waals surface area contributed by atoms with Crippen LogP contribution in [-0.2, 0) is 19.6 Å². The number of carbonyl (C=O) groups is 2. The number of aryl methyl sites for hydroxylation is 1. The molecule has 0 spiro atoms. The summed E-state index contributed by atoms with van der Waals surface area (Å²) < 4.78 is 26.4. The summed E-state index contributed by atoms with van der Waals surface area (Å²) in [5.74, 6) is -2.85. The van der Waals surface area contributed by atoms with Gasteiger partial charge in [-0.05, 0) is 31.9 Å². The van der Waals surface area contributed by atoms with Crippen LogP contribution in [0.2, 0.25) is 0 Å². The predicted octanol–water partition coefficient (Wildman–Crippen LogP) is -7.68. The Kier molecular flexibility index (Phi) is 12.8. The first-order valence-electron chi connectivity index (χ1n) is 6.19. The predicted molar refractivity (Wildman–Crippen MR) is 69.2 cm³/mol. The summed E-state index contributed by atoms with van der Waals surface area (Å²) >= 11 is 0. The standard InChI is InChI=1S/C13H17NO6S.2Na/c1-9-2-5-11(6-3-9)21(19,20)14-10(8-13(17)18)4-7-12(15)16;;/h2-3,5-6,10,14H,4,7-8H2,1H3,(H,15,16)(H,17,18);;/q;2*+1/p-2/t10-;;/m0../s1. The van der Waals surface area contributed by atoms with Gasteiger partial charge >= 0.3 is 59.1 Å². The molecule has 0 radical (unpaired) electrons. The van der Waals surface area contributed by atoms with Gasteiger partial charge in [0.15, 0.2) is 0 Å². The van der Waals surface area contributed by atoms with Crippen LogP contribution in [-0.4, -0.2) is 26.4 Å². The van der Waals surface area contributed by atoms with Gasteiger partial charge < -0.3 is 19.8 Å². The molecule has 23 heavy (non-hydrogen) atoms. The second kappa shape index (κ2) is 11.6. The minimum Gasteiger partial charge on any atom is -0.550 e. The zero-order valence-corrected chi connectivity index (χ0v) is 18.2. The molecule has 1 N–H and O–H groups in total. The van der Waals surface area contributed by atoms with E-state index in [-0.39, 0.29) is 70.4 Å². The summed E-state index contributed by atoms with van der Waals surface area (Å²) in [7, 11) is -3.92. The van der Waals surface area contributed by atoms with Crippen molar-refractivity contribution >= 4 is 22.0 Å². The van der Waals surface area contributed by atoms with Crippen LogP contribution in [0.1, 0.15) is 24.8 Å². The van der Waals surface area contributed by atoms with Crippen LogP contribution in [0, 0.1) is 6.92 Å². The third-order valence-corrected chi connectivity index (χ3v) is 4.30. The van der Waals surface area contributed by atoms with Crippen LogP contribution in [0.3, 0.4) is 0 Å². The normalized spacial score (nSPS) is 11.7. The van der Waals surface area contributed by atoms with Crippen molar-refractivity contribution in [1.29, 1.82) is 0 Å². The molecule has 0 bridgehead atoms. The van der Waals surface area contributed by atoms with Gasteiger partial charge in [-0.1, -0.05) is 17.7 Å². The number of carbonyl (C=O) groups excluding carboxylic acids is 2. The van der Waals surface area contributed by atoms with Gasteiger partial charge in [0.2, 0.25) is 10.0 Å². The number of sulfonamides is 1. The summed E-state index contributed by atoms with van der Waals surface area (Å²) in [6.45, 7) is 1.79. The van der Waals surface area contributed by atoms with E-state index in [1.165, 1.54) is 12.1 Å². The molecule has 116 valence electrons. The maximum atomic E-state index is 12.1. The van der Waals surface area contributed by atoms with E-state index in [1.54, 1.807) is 19.1 Å². The number of benzene rings is 1. The van der Waals surface area contributed by atoms with Crippen LogP contribution in [0.5, 0.6) is 0 Å². The smallest absolute Gasteiger partial charge is 0.550 e. The number of hydrogen-bond acceptors (Lipinski definition) is 6. The first kappa shape index (κ1) is 25.3. The first-order chi connectivity index (χ1) is 9.70. The van der Waals surface area contributed by atoms with Crippen LogP contribution < -0.4 is 74.0 Å². The van der Waals surface area contributed by atoms with Crippen molar-refractivity contribution in [3.8, 4) is 0 Å². The maximum Gasteiger partial charge on any atom is 1.00 e. The average molecular weight is 359 g/mol. The van der Waals surface area contributed by atoms with E-state index in [0.29, 0.717) is 0 Å². The summed E-state index contributed by atoms with van der Waals surface area (Å²) in [4.78, 5) is 21.0. The molecule has 0 saturated heterocycles. The Bertz CT molecular complexity index is 618. The van der Waals surface area contributed by atoms with Crippen LogP contribution in [0.15, 0.2) is 29.2 Å². The number of hydrogen-bond donors (Lipinski definition) is 1. The zero-order chi connectivity index (χ0) is 16.0. The Balaban J connectivity index is 0. The van der Waals surface area contributed by atoms with Crippen LogP contribution >= 0.6 is 0 Å². The number of carboxylic acid groups (broad SMARTS) is 2. The van der Waals surface area contributed by atoms with E-state index in [2.05, 4.69) is 4.72 Å². The van der Waals surface area contributed by atoms with Gasteiger partial charge in [-0.15, -0.1) is 0 Å². The molecule has 0 fully saturated rings. The topological polar surface area (TPSA) is 126 Å². The largest absolute Gasteiger partial charge is 1.00 e. The fourth-order valence-corrected chi connectivity index (χ4v) is 2.97. The average Bonchev–Trinajstić information content (AvgIpc) is 2.35. The van der Waals surface area contributed by atoms with Gasteiger partial charge in [-0.3, -0.25) is 0 Å². The minimum absolute atomic E-state index is 0. The van der Waals surface area contributed by atoms with Crippen LogP contribution in [0.4, 0.5) is 0 Å². The Morgan fingerprint density at radius 2 is 1.61 bits per heavy atom. The molecule has 0 aliphatic heterocycles. The van der Waals surface area contributed by atoms with Crippen molar-refractivity contribution in [3.05, 3.63) is 29.8 Å². The first-order valence-corrected chi connectivity index (χ1v) is 7.67. The van der Waals surface area contributed by atoms with Gasteiger partial charge in [-0.25, -0.2) is 13.1 Å². The Morgan fingerprint density at radius 1 is 1.09 bits per heavy atom. The molecule has 0 aliphatic carbocycles. The van der Waals surface area contributed by atoms with Crippen LogP contribution in [0.25, 0.3) is 0 Å². The molecule has 0 unspecified atom stereocenters. The van der Waals surface area contributed by atoms with Gasteiger partial charge in [-0.2, -0.15) is 0 Å². The molecule has 0 saturated carbocycles. The quantitative estimate of drug-likeness (QED) is 0.460. The molecular weight excluding hydrogens is 344 g/mol. The maximum absolute atomic E-state index is 12.1. The summed E-state index contributed by atoms with van der Waals surface area (Å²) in [6, 6.07) is 4.89. The van der Waals surface area contributed by atoms with Crippen molar-refractivity contribution in [2.75, 3.05) is 0 Å². The van der Waals surface area contributed by atoms with E-state index < -0.39 is 40.8 Å². The fourth-order valence-electron chi connectivity index (χ4n) is 1.70. The van der Waals surface area contributed by atoms with Crippen molar-refractivity contribution < 1.29 is 87.3 Å². The third-order valence-electron chi connectivity index (χ3n) is 2.76. The molecule has 0 aliphatic rings. The molecule has 1 atom stereocenters. The van der Waals surface area contributed by atoms with E-state index in [0.717, 1.165) is 5.56 Å². The van der Waals surface area contributed by atoms with E-state index >= 15 is 0 Å². The van der Waals surface area contributed by atoms with Crippen molar-refractivity contribution in [2.45, 2.75) is 37.1 Å². The minimum atomic E-state index is -3.92. The van der Waals surface area contributed by atoms with E-state index in [4.69, 9.17) is 0 Å². The summed E-state index contributed by atoms with van der Waals surface area (Å²) in [5.41, 5.74) is 0.872. The molecule has 10 heteroatoms. The molecule has 0 aromatic heterocycles. The number of rotatable bonds is 8. The molecule has 1 rings (SSSR count). The van der Waals surface area contributed by atoms with Crippen molar-refractivity contribution in [1.82, 2.24) is 4.72 Å². The molecule has 0 amide bonds. The molecule has 0 heterocycles. The Morgan fingerprint density at radius 3 is 2.04 bits per heavy atom. The third kappa shape index (κ3) is 9.83. The second-order valence-electron chi connectivity index (χ2n) is 4.62. The zero-order valence-electron chi connectivity index (χ0n) is 13.4. The molecular formula is C13H15NNa2O6S. The van der Waals surface area contributed by atoms with Gasteiger partial charge in [0.25, 0.3) is 0 Å². The molecule has 1 aromatic carbocycles. The van der Waals surface area contributed by atoms with E-state index in [9.17, 15) is 28.2 Å². The van der Waals surface area contributed by atoms with Crippen molar-refractivity contribution in [2.24, 2.45) is 0 Å². The van der Waals surface area contributed by atoms with E-state index in [1.807, 2.05) is 0 Å². The van der Waals surface area contributed by atoms with Gasteiger partial charge in [0, 0.05) is 24.4 Å². The summed E-state index contributed by atoms with van der Waals surface area (Å²) in [5, 5.41) is 21.0. The number of carboxylic acids is 2. The second-order valence-corrected chi connectivity index (χ2v) is 6.33. The van der Waals surface area contributed by atoms with Gasteiger partial charge in [0.1, 0.15) is 0 Å². The number of nitrogens with one attached hydrogen (secondary N) is 1. The summed E-state index contributed by atoms with van der Waals surface area (Å²) in [6.07, 6.45) is -1.26. The Labute approximate surface area is 179 Å². The SMILES string of the molecule is Cc1ccc(S(=O)(=O)N[C@@H](CCC(=O)[O-])CC(=O)[O-])cc1.[Na+].[Na+]. The van der Waals surface area contributed by atoms with Crippen molar-refractivity contribution in [3.63, 3.8) is 0 Å². The Hall–Kier alpha value is 0.0700.